The highest BCUT2D eigenvalue weighted by Crippen LogP contribution is 2.20. The molecular weight excluding hydrogens is 357 g/mol. The Labute approximate surface area is 136 Å². The number of ether oxygens (including phenoxy) is 2. The van der Waals surface area contributed by atoms with Gasteiger partial charge in [-0.3, -0.25) is 0 Å². The van der Waals surface area contributed by atoms with E-state index in [0.29, 0.717) is 34.2 Å². The van der Waals surface area contributed by atoms with Crippen molar-refractivity contribution < 1.29 is 13.9 Å². The number of hydrogen-bond acceptors (Lipinski definition) is 3. The van der Waals surface area contributed by atoms with Gasteiger partial charge in [0.2, 0.25) is 0 Å². The standard InChI is InChI=1S/C15H13BrFNO2S/c16-13-6-5-12(9-14(13)17)20-8-7-19-11-3-1-10(2-4-11)15(18)21/h1-6,9H,7-8H2,(H2,18,21). The van der Waals surface area contributed by atoms with Gasteiger partial charge >= 0.3 is 0 Å². The highest BCUT2D eigenvalue weighted by atomic mass is 79.9. The van der Waals surface area contributed by atoms with Crippen LogP contribution < -0.4 is 15.2 Å². The second kappa shape index (κ2) is 7.38. The van der Waals surface area contributed by atoms with E-state index in [1.165, 1.54) is 6.07 Å². The fourth-order valence-corrected chi connectivity index (χ4v) is 1.98. The molecule has 0 aliphatic carbocycles. The smallest absolute Gasteiger partial charge is 0.141 e. The average molecular weight is 370 g/mol. The van der Waals surface area contributed by atoms with Gasteiger partial charge in [0.15, 0.2) is 0 Å². The lowest BCUT2D eigenvalue weighted by molar-refractivity contribution is 0.216. The van der Waals surface area contributed by atoms with Crippen LogP contribution in [0, 0.1) is 5.82 Å². The molecule has 2 N–H and O–H groups in total. The van der Waals surface area contributed by atoms with Crippen LogP contribution in [0.3, 0.4) is 0 Å². The molecule has 0 unspecified atom stereocenters. The lowest BCUT2D eigenvalue weighted by Crippen LogP contribution is -2.10. The zero-order valence-corrected chi connectivity index (χ0v) is 13.4. The number of hydrogen-bond donors (Lipinski definition) is 1. The van der Waals surface area contributed by atoms with E-state index in [-0.39, 0.29) is 5.82 Å². The Hall–Kier alpha value is -1.66. The van der Waals surface area contributed by atoms with E-state index in [4.69, 9.17) is 27.4 Å². The van der Waals surface area contributed by atoms with Gasteiger partial charge in [0, 0.05) is 11.6 Å². The van der Waals surface area contributed by atoms with Crippen LogP contribution in [0.5, 0.6) is 11.5 Å². The van der Waals surface area contributed by atoms with Crippen LogP contribution in [0.15, 0.2) is 46.9 Å². The van der Waals surface area contributed by atoms with Crippen molar-refractivity contribution in [3.8, 4) is 11.5 Å². The monoisotopic (exact) mass is 369 g/mol. The van der Waals surface area contributed by atoms with Crippen molar-refractivity contribution in [1.29, 1.82) is 0 Å². The second-order valence-electron chi connectivity index (χ2n) is 4.16. The summed E-state index contributed by atoms with van der Waals surface area (Å²) in [4.78, 5) is 0.349. The van der Waals surface area contributed by atoms with Crippen molar-refractivity contribution in [3.63, 3.8) is 0 Å². The first-order chi connectivity index (χ1) is 10.1. The quantitative estimate of drug-likeness (QED) is 0.623. The summed E-state index contributed by atoms with van der Waals surface area (Å²) in [6.45, 7) is 0.669. The predicted octanol–water partition coefficient (Wildman–Crippen LogP) is 3.68. The van der Waals surface area contributed by atoms with E-state index in [2.05, 4.69) is 15.9 Å². The number of benzene rings is 2. The summed E-state index contributed by atoms with van der Waals surface area (Å²) in [6, 6.07) is 11.8. The molecule has 0 spiro atoms. The van der Waals surface area contributed by atoms with E-state index in [0.717, 1.165) is 5.56 Å². The third-order valence-corrected chi connectivity index (χ3v) is 3.53. The van der Waals surface area contributed by atoms with E-state index in [1.54, 1.807) is 36.4 Å². The summed E-state index contributed by atoms with van der Waals surface area (Å²) in [7, 11) is 0. The Morgan fingerprint density at radius 2 is 1.62 bits per heavy atom. The highest BCUT2D eigenvalue weighted by Gasteiger charge is 2.02. The van der Waals surface area contributed by atoms with Crippen LogP contribution in [0.4, 0.5) is 4.39 Å². The molecule has 2 aromatic rings. The van der Waals surface area contributed by atoms with Crippen LogP contribution >= 0.6 is 28.1 Å². The molecule has 0 fully saturated rings. The molecule has 0 aromatic heterocycles. The SMILES string of the molecule is NC(=S)c1ccc(OCCOc2ccc(Br)c(F)c2)cc1. The molecule has 2 aromatic carbocycles. The van der Waals surface area contributed by atoms with Gasteiger partial charge < -0.3 is 15.2 Å². The van der Waals surface area contributed by atoms with Crippen LogP contribution in [-0.2, 0) is 0 Å². The van der Waals surface area contributed by atoms with Crippen LogP contribution in [0.25, 0.3) is 0 Å². The molecule has 0 atom stereocenters. The van der Waals surface area contributed by atoms with Crippen molar-refractivity contribution >= 4 is 33.1 Å². The fraction of sp³-hybridized carbons (Fsp3) is 0.133. The summed E-state index contributed by atoms with van der Waals surface area (Å²) >= 11 is 7.95. The summed E-state index contributed by atoms with van der Waals surface area (Å²) in [5, 5.41) is 0. The first-order valence-corrected chi connectivity index (χ1v) is 7.37. The van der Waals surface area contributed by atoms with Gasteiger partial charge in [0.1, 0.15) is 35.5 Å². The van der Waals surface area contributed by atoms with E-state index in [1.807, 2.05) is 0 Å². The van der Waals surface area contributed by atoms with Gasteiger partial charge in [-0.05, 0) is 52.3 Å². The summed E-state index contributed by atoms with van der Waals surface area (Å²) in [6.07, 6.45) is 0. The van der Waals surface area contributed by atoms with Crippen LogP contribution in [-0.4, -0.2) is 18.2 Å². The normalized spacial score (nSPS) is 10.2. The summed E-state index contributed by atoms with van der Waals surface area (Å²) < 4.78 is 24.6. The molecule has 0 aliphatic rings. The minimum Gasteiger partial charge on any atom is -0.490 e. The third kappa shape index (κ3) is 4.68. The molecule has 3 nitrogen and oxygen atoms in total. The Kier molecular flexibility index (Phi) is 5.52. The molecule has 6 heteroatoms. The summed E-state index contributed by atoms with van der Waals surface area (Å²) in [5.41, 5.74) is 6.30. The number of nitrogens with two attached hydrogens (primary N) is 1. The number of thiocarbonyl (C=S) groups is 1. The molecule has 0 aliphatic heterocycles. The zero-order valence-electron chi connectivity index (χ0n) is 11.0. The molecule has 0 saturated carbocycles. The van der Waals surface area contributed by atoms with Gasteiger partial charge in [0.05, 0.1) is 4.47 Å². The molecule has 21 heavy (non-hydrogen) atoms. The van der Waals surface area contributed by atoms with Crippen molar-refractivity contribution in [1.82, 2.24) is 0 Å². The van der Waals surface area contributed by atoms with Crippen molar-refractivity contribution in [2.75, 3.05) is 13.2 Å². The molecule has 0 bridgehead atoms. The molecule has 2 rings (SSSR count). The van der Waals surface area contributed by atoms with Crippen molar-refractivity contribution in [3.05, 3.63) is 58.3 Å². The molecular formula is C15H13BrFNO2S. The maximum absolute atomic E-state index is 13.3. The van der Waals surface area contributed by atoms with E-state index in [9.17, 15) is 4.39 Å². The van der Waals surface area contributed by atoms with E-state index < -0.39 is 0 Å². The Morgan fingerprint density at radius 3 is 2.19 bits per heavy atom. The molecule has 0 heterocycles. The largest absolute Gasteiger partial charge is 0.490 e. The van der Waals surface area contributed by atoms with Crippen LogP contribution in [0.2, 0.25) is 0 Å². The maximum Gasteiger partial charge on any atom is 0.141 e. The van der Waals surface area contributed by atoms with Gasteiger partial charge in [-0.1, -0.05) is 12.2 Å². The van der Waals surface area contributed by atoms with E-state index >= 15 is 0 Å². The second-order valence-corrected chi connectivity index (χ2v) is 5.46. The van der Waals surface area contributed by atoms with Crippen LogP contribution in [0.1, 0.15) is 5.56 Å². The van der Waals surface area contributed by atoms with Gasteiger partial charge in [-0.2, -0.15) is 0 Å². The third-order valence-electron chi connectivity index (χ3n) is 2.65. The summed E-state index contributed by atoms with van der Waals surface area (Å²) in [5.74, 6) is 0.797. The van der Waals surface area contributed by atoms with Crippen molar-refractivity contribution in [2.24, 2.45) is 5.73 Å². The minimum atomic E-state index is -0.359. The first kappa shape index (κ1) is 15.7. The first-order valence-electron chi connectivity index (χ1n) is 6.17. The highest BCUT2D eigenvalue weighted by molar-refractivity contribution is 9.10. The van der Waals surface area contributed by atoms with Gasteiger partial charge in [-0.15, -0.1) is 0 Å². The maximum atomic E-state index is 13.3. The molecule has 0 amide bonds. The van der Waals surface area contributed by atoms with Gasteiger partial charge in [-0.25, -0.2) is 4.39 Å². The molecule has 0 radical (unpaired) electrons. The number of halogens is 2. The Balaban J connectivity index is 1.79. The fourth-order valence-electron chi connectivity index (χ4n) is 1.60. The lowest BCUT2D eigenvalue weighted by atomic mass is 10.2. The Bertz CT molecular complexity index is 634. The lowest BCUT2D eigenvalue weighted by Gasteiger charge is -2.09. The molecule has 0 saturated heterocycles. The zero-order chi connectivity index (χ0) is 15.2. The van der Waals surface area contributed by atoms with Crippen molar-refractivity contribution in [2.45, 2.75) is 0 Å². The Morgan fingerprint density at radius 1 is 1.05 bits per heavy atom. The van der Waals surface area contributed by atoms with Gasteiger partial charge in [0.25, 0.3) is 0 Å². The number of rotatable bonds is 6. The molecule has 110 valence electrons. The topological polar surface area (TPSA) is 44.5 Å². The average Bonchev–Trinajstić information content (AvgIpc) is 2.47. The predicted molar refractivity (Wildman–Crippen MR) is 87.4 cm³/mol. The minimum absolute atomic E-state index is 0.318.